The van der Waals surface area contributed by atoms with Crippen molar-refractivity contribution in [3.8, 4) is 17.2 Å². The first-order valence-corrected chi connectivity index (χ1v) is 7.81. The summed E-state index contributed by atoms with van der Waals surface area (Å²) in [6, 6.07) is 9.71. The van der Waals surface area contributed by atoms with E-state index in [1.165, 1.54) is 25.3 Å². The molecule has 0 saturated carbocycles. The van der Waals surface area contributed by atoms with Crippen LogP contribution in [0.2, 0.25) is 0 Å². The highest BCUT2D eigenvalue weighted by Crippen LogP contribution is 2.36. The van der Waals surface area contributed by atoms with Gasteiger partial charge in [0.05, 0.1) is 18.1 Å². The Balaban J connectivity index is 2.35. The van der Waals surface area contributed by atoms with Gasteiger partial charge in [0.15, 0.2) is 11.5 Å². The van der Waals surface area contributed by atoms with Gasteiger partial charge in [0.2, 0.25) is 0 Å². The first kappa shape index (κ1) is 15.8. The zero-order valence-electron chi connectivity index (χ0n) is 11.0. The predicted octanol–water partition coefficient (Wildman–Crippen LogP) is 5.05. The first-order chi connectivity index (χ1) is 10.0. The van der Waals surface area contributed by atoms with Gasteiger partial charge in [0, 0.05) is 15.9 Å². The number of halogens is 2. The van der Waals surface area contributed by atoms with Gasteiger partial charge in [-0.1, -0.05) is 37.9 Å². The van der Waals surface area contributed by atoms with E-state index in [0.29, 0.717) is 22.6 Å². The van der Waals surface area contributed by atoms with E-state index in [-0.39, 0.29) is 5.69 Å². The summed E-state index contributed by atoms with van der Waals surface area (Å²) in [5.74, 6) is 1.29. The second-order valence-corrected chi connectivity index (χ2v) is 5.50. The van der Waals surface area contributed by atoms with Gasteiger partial charge >= 0.3 is 0 Å². The molecule has 2 rings (SSSR count). The number of methoxy groups -OCH3 is 1. The molecule has 21 heavy (non-hydrogen) atoms. The molecule has 0 radical (unpaired) electrons. The van der Waals surface area contributed by atoms with Crippen LogP contribution in [0, 0.1) is 10.1 Å². The number of non-ortho nitro benzene ring substituents is 1. The van der Waals surface area contributed by atoms with E-state index in [2.05, 4.69) is 31.9 Å². The molecule has 0 aliphatic rings. The van der Waals surface area contributed by atoms with E-state index in [1.807, 2.05) is 6.07 Å². The fraction of sp³-hybridized carbons (Fsp3) is 0.143. The maximum Gasteiger partial charge on any atom is 0.273 e. The molecule has 0 aliphatic carbocycles. The molecule has 0 fully saturated rings. The lowest BCUT2D eigenvalue weighted by molar-refractivity contribution is -0.384. The molecule has 2 aromatic carbocycles. The Morgan fingerprint density at radius 1 is 1.19 bits per heavy atom. The van der Waals surface area contributed by atoms with Gasteiger partial charge in [-0.3, -0.25) is 10.1 Å². The summed E-state index contributed by atoms with van der Waals surface area (Å²) in [5, 5.41) is 11.6. The number of rotatable bonds is 5. The van der Waals surface area contributed by atoms with Crippen LogP contribution in [0.5, 0.6) is 17.2 Å². The molecule has 110 valence electrons. The second-order valence-electron chi connectivity index (χ2n) is 4.08. The average Bonchev–Trinajstić information content (AvgIpc) is 2.47. The fourth-order valence-electron chi connectivity index (χ4n) is 1.69. The minimum atomic E-state index is -0.476. The highest BCUT2D eigenvalue weighted by atomic mass is 79.9. The number of nitro benzene ring substituents is 1. The van der Waals surface area contributed by atoms with Crippen LogP contribution in [0.3, 0.4) is 0 Å². The number of ether oxygens (including phenoxy) is 2. The Labute approximate surface area is 138 Å². The van der Waals surface area contributed by atoms with Crippen molar-refractivity contribution in [2.75, 3.05) is 7.11 Å². The summed E-state index contributed by atoms with van der Waals surface area (Å²) >= 11 is 6.83. The third-order valence-corrected chi connectivity index (χ3v) is 4.10. The van der Waals surface area contributed by atoms with Crippen LogP contribution in [0.1, 0.15) is 5.56 Å². The highest BCUT2D eigenvalue weighted by Gasteiger charge is 2.13. The largest absolute Gasteiger partial charge is 0.493 e. The minimum Gasteiger partial charge on any atom is -0.493 e. The lowest BCUT2D eigenvalue weighted by Crippen LogP contribution is -1.94. The van der Waals surface area contributed by atoms with Crippen LogP contribution in [-0.2, 0) is 5.33 Å². The number of hydrogen-bond donors (Lipinski definition) is 0. The first-order valence-electron chi connectivity index (χ1n) is 5.90. The van der Waals surface area contributed by atoms with Gasteiger partial charge in [0.25, 0.3) is 5.69 Å². The molecule has 2 aromatic rings. The molecule has 0 amide bonds. The van der Waals surface area contributed by atoms with Crippen molar-refractivity contribution in [1.29, 1.82) is 0 Å². The van der Waals surface area contributed by atoms with Gasteiger partial charge in [0.1, 0.15) is 5.75 Å². The summed E-state index contributed by atoms with van der Waals surface area (Å²) in [7, 11) is 1.48. The van der Waals surface area contributed by atoms with E-state index in [0.717, 1.165) is 10.0 Å². The molecule has 0 spiro atoms. The van der Waals surface area contributed by atoms with Crippen molar-refractivity contribution < 1.29 is 14.4 Å². The minimum absolute atomic E-state index is 0.0538. The number of benzene rings is 2. The molecular formula is C14H11Br2NO4. The van der Waals surface area contributed by atoms with Crippen molar-refractivity contribution in [3.63, 3.8) is 0 Å². The molecule has 0 atom stereocenters. The van der Waals surface area contributed by atoms with E-state index in [1.54, 1.807) is 12.1 Å². The zero-order chi connectivity index (χ0) is 15.4. The Morgan fingerprint density at radius 2 is 1.95 bits per heavy atom. The van der Waals surface area contributed by atoms with Crippen LogP contribution in [0.25, 0.3) is 0 Å². The maximum atomic E-state index is 10.8. The molecule has 0 saturated heterocycles. The van der Waals surface area contributed by atoms with Crippen molar-refractivity contribution in [2.24, 2.45) is 0 Å². The second kappa shape index (κ2) is 6.91. The molecule has 5 nitrogen and oxygen atoms in total. The number of nitro groups is 1. The molecule has 0 bridgehead atoms. The van der Waals surface area contributed by atoms with E-state index in [9.17, 15) is 10.1 Å². The highest BCUT2D eigenvalue weighted by molar-refractivity contribution is 9.10. The normalized spacial score (nSPS) is 10.2. The predicted molar refractivity (Wildman–Crippen MR) is 86.5 cm³/mol. The van der Waals surface area contributed by atoms with Gasteiger partial charge in [-0.2, -0.15) is 0 Å². The molecule has 0 aliphatic heterocycles. The lowest BCUT2D eigenvalue weighted by atomic mass is 10.2. The van der Waals surface area contributed by atoms with E-state index in [4.69, 9.17) is 9.47 Å². The Hall–Kier alpha value is -1.60. The number of nitrogens with zero attached hydrogens (tertiary/aromatic N) is 1. The third kappa shape index (κ3) is 3.74. The van der Waals surface area contributed by atoms with Crippen molar-refractivity contribution in [3.05, 3.63) is 56.5 Å². The van der Waals surface area contributed by atoms with Crippen molar-refractivity contribution in [1.82, 2.24) is 0 Å². The maximum absolute atomic E-state index is 10.8. The lowest BCUT2D eigenvalue weighted by Gasteiger charge is -2.11. The molecule has 0 heterocycles. The van der Waals surface area contributed by atoms with E-state index >= 15 is 0 Å². The fourth-order valence-corrected chi connectivity index (χ4v) is 3.05. The van der Waals surface area contributed by atoms with Crippen LogP contribution in [0.15, 0.2) is 40.9 Å². The number of hydrogen-bond acceptors (Lipinski definition) is 4. The summed E-state index contributed by atoms with van der Waals surface area (Å²) in [4.78, 5) is 10.4. The van der Waals surface area contributed by atoms with Gasteiger partial charge in [-0.25, -0.2) is 0 Å². The summed E-state index contributed by atoms with van der Waals surface area (Å²) < 4.78 is 11.7. The Morgan fingerprint density at radius 3 is 2.52 bits per heavy atom. The average molecular weight is 417 g/mol. The third-order valence-electron chi connectivity index (χ3n) is 2.75. The molecule has 0 N–H and O–H groups in total. The Bertz CT molecular complexity index is 676. The van der Waals surface area contributed by atoms with Crippen molar-refractivity contribution >= 4 is 37.5 Å². The van der Waals surface area contributed by atoms with Gasteiger partial charge in [-0.05, 0) is 23.8 Å². The Kier molecular flexibility index (Phi) is 5.19. The quantitative estimate of drug-likeness (QED) is 0.388. The standard InChI is InChI=1S/C14H11Br2NO4/c1-20-13-5-3-10(17(18)19)6-14(13)21-11-4-2-9(8-15)12(16)7-11/h2-7H,8H2,1H3. The van der Waals surface area contributed by atoms with E-state index < -0.39 is 4.92 Å². The zero-order valence-corrected chi connectivity index (χ0v) is 14.2. The van der Waals surface area contributed by atoms with Crippen LogP contribution in [0.4, 0.5) is 5.69 Å². The van der Waals surface area contributed by atoms with Gasteiger partial charge < -0.3 is 9.47 Å². The van der Waals surface area contributed by atoms with Crippen LogP contribution < -0.4 is 9.47 Å². The van der Waals surface area contributed by atoms with Gasteiger partial charge in [-0.15, -0.1) is 0 Å². The monoisotopic (exact) mass is 415 g/mol. The molecule has 7 heteroatoms. The molecule has 0 unspecified atom stereocenters. The van der Waals surface area contributed by atoms with Crippen molar-refractivity contribution in [2.45, 2.75) is 5.33 Å². The summed E-state index contributed by atoms with van der Waals surface area (Å²) in [5.41, 5.74) is 1.02. The topological polar surface area (TPSA) is 61.6 Å². The summed E-state index contributed by atoms with van der Waals surface area (Å²) in [6.07, 6.45) is 0. The molecular weight excluding hydrogens is 406 g/mol. The van der Waals surface area contributed by atoms with Crippen LogP contribution in [-0.4, -0.2) is 12.0 Å². The molecule has 0 aromatic heterocycles. The van der Waals surface area contributed by atoms with Crippen LogP contribution >= 0.6 is 31.9 Å². The SMILES string of the molecule is COc1ccc([N+](=O)[O-])cc1Oc1ccc(CBr)c(Br)c1. The summed E-state index contributed by atoms with van der Waals surface area (Å²) in [6.45, 7) is 0. The smallest absolute Gasteiger partial charge is 0.273 e. The number of alkyl halides is 1.